The number of carbonyl (C=O) groups excluding carboxylic acids is 2. The summed E-state index contributed by atoms with van der Waals surface area (Å²) in [6.07, 6.45) is 0. The Bertz CT molecular complexity index is 948. The molecule has 0 heterocycles. The Hall–Kier alpha value is -3.45. The van der Waals surface area contributed by atoms with Gasteiger partial charge >= 0.3 is 0 Å². The summed E-state index contributed by atoms with van der Waals surface area (Å²) in [6.45, 7) is 0.290. The quantitative estimate of drug-likeness (QED) is 0.324. The summed E-state index contributed by atoms with van der Waals surface area (Å²) in [4.78, 5) is 23.8. The van der Waals surface area contributed by atoms with Crippen LogP contribution < -0.4 is 20.5 Å². The van der Waals surface area contributed by atoms with E-state index in [0.717, 1.165) is 10.6 Å². The number of benzene rings is 3. The lowest BCUT2D eigenvalue weighted by Gasteiger charge is -2.10. The molecule has 136 valence electrons. The van der Waals surface area contributed by atoms with Crippen molar-refractivity contribution in [3.8, 4) is 5.75 Å². The Morgan fingerprint density at radius 1 is 0.963 bits per heavy atom. The van der Waals surface area contributed by atoms with E-state index in [1.54, 1.807) is 12.1 Å². The van der Waals surface area contributed by atoms with Gasteiger partial charge in [-0.1, -0.05) is 24.3 Å². The molecule has 0 fully saturated rings. The number of ether oxygens (including phenoxy) is 1. The van der Waals surface area contributed by atoms with Crippen molar-refractivity contribution in [2.75, 3.05) is 15.8 Å². The summed E-state index contributed by atoms with van der Waals surface area (Å²) in [7, 11) is 0. The third-order valence-corrected chi connectivity index (χ3v) is 4.43. The molecule has 0 unspecified atom stereocenters. The summed E-state index contributed by atoms with van der Waals surface area (Å²) in [5.74, 6) is -0.0931. The molecule has 0 bridgehead atoms. The van der Waals surface area contributed by atoms with Crippen LogP contribution in [-0.2, 0) is 4.79 Å². The fourth-order valence-electron chi connectivity index (χ4n) is 2.31. The minimum Gasteiger partial charge on any atom is -0.427 e. The van der Waals surface area contributed by atoms with E-state index in [2.05, 4.69) is 10.0 Å². The number of carbonyl (C=O) groups is 2. The number of nitrogens with one attached hydrogen (secondary N) is 2. The first-order chi connectivity index (χ1) is 13.2. The number of rotatable bonds is 7. The van der Waals surface area contributed by atoms with Crippen LogP contribution in [0.4, 0.5) is 17.1 Å². The molecular formula is C20H17N3O3S. The highest BCUT2D eigenvalue weighted by molar-refractivity contribution is 8.00. The third kappa shape index (κ3) is 5.02. The summed E-state index contributed by atoms with van der Waals surface area (Å²) in [5, 5.41) is 2.83. The van der Waals surface area contributed by atoms with E-state index in [0.29, 0.717) is 11.3 Å². The average Bonchev–Trinajstić information content (AvgIpc) is 2.69. The molecule has 1 amide bonds. The van der Waals surface area contributed by atoms with E-state index in [9.17, 15) is 9.59 Å². The van der Waals surface area contributed by atoms with Gasteiger partial charge in [0.1, 0.15) is 0 Å². The molecule has 3 rings (SSSR count). The van der Waals surface area contributed by atoms with Crippen molar-refractivity contribution in [3.05, 3.63) is 78.4 Å². The molecule has 0 spiro atoms. The second-order valence-electron chi connectivity index (χ2n) is 5.52. The van der Waals surface area contributed by atoms with Crippen LogP contribution in [0, 0.1) is 0 Å². The van der Waals surface area contributed by atoms with Crippen molar-refractivity contribution in [1.29, 1.82) is 0 Å². The number of amides is 1. The van der Waals surface area contributed by atoms with Gasteiger partial charge in [-0.25, -0.2) is 0 Å². The molecule has 0 aliphatic rings. The zero-order valence-corrected chi connectivity index (χ0v) is 15.0. The first-order valence-electron chi connectivity index (χ1n) is 8.05. The van der Waals surface area contributed by atoms with Gasteiger partial charge < -0.3 is 20.5 Å². The van der Waals surface area contributed by atoms with Gasteiger partial charge in [-0.15, -0.1) is 0 Å². The van der Waals surface area contributed by atoms with Gasteiger partial charge in [0, 0.05) is 21.8 Å². The van der Waals surface area contributed by atoms with Gasteiger partial charge in [-0.3, -0.25) is 9.59 Å². The largest absolute Gasteiger partial charge is 0.427 e. The maximum atomic E-state index is 12.4. The van der Waals surface area contributed by atoms with Crippen LogP contribution in [0.15, 0.2) is 77.7 Å². The summed E-state index contributed by atoms with van der Waals surface area (Å²) < 4.78 is 7.97. The molecule has 3 aromatic rings. The lowest BCUT2D eigenvalue weighted by Crippen LogP contribution is -2.12. The maximum Gasteiger partial charge on any atom is 0.298 e. The standard InChI is InChI=1S/C20H17N3O3S/c21-18-11-14(9-10-19(18)26-13-24)20(25)22-16-7-4-8-17(12-16)27-23-15-5-2-1-3-6-15/h1-13,23H,21H2,(H,22,25). The van der Waals surface area contributed by atoms with E-state index < -0.39 is 0 Å². The van der Waals surface area contributed by atoms with Crippen LogP contribution in [0.25, 0.3) is 0 Å². The minimum absolute atomic E-state index is 0.214. The van der Waals surface area contributed by atoms with Crippen LogP contribution in [0.3, 0.4) is 0 Å². The zero-order valence-electron chi connectivity index (χ0n) is 14.2. The van der Waals surface area contributed by atoms with Crippen molar-refractivity contribution < 1.29 is 14.3 Å². The number of nitrogen functional groups attached to an aromatic ring is 1. The molecular weight excluding hydrogens is 362 g/mol. The Balaban J connectivity index is 1.66. The highest BCUT2D eigenvalue weighted by Gasteiger charge is 2.10. The molecule has 0 aliphatic heterocycles. The molecule has 0 saturated carbocycles. The molecule has 6 nitrogen and oxygen atoms in total. The Kier molecular flexibility index (Phi) is 5.96. The van der Waals surface area contributed by atoms with Gasteiger partial charge in [0.05, 0.1) is 5.69 Å². The van der Waals surface area contributed by atoms with Crippen molar-refractivity contribution in [3.63, 3.8) is 0 Å². The molecule has 7 heteroatoms. The Labute approximate surface area is 160 Å². The van der Waals surface area contributed by atoms with Crippen molar-refractivity contribution in [2.45, 2.75) is 4.90 Å². The van der Waals surface area contributed by atoms with Crippen LogP contribution in [-0.4, -0.2) is 12.4 Å². The monoisotopic (exact) mass is 379 g/mol. The van der Waals surface area contributed by atoms with Gasteiger partial charge in [-0.05, 0) is 60.5 Å². The van der Waals surface area contributed by atoms with Crippen LogP contribution in [0.5, 0.6) is 5.75 Å². The minimum atomic E-state index is -0.308. The molecule has 27 heavy (non-hydrogen) atoms. The molecule has 3 aromatic carbocycles. The lowest BCUT2D eigenvalue weighted by atomic mass is 10.1. The third-order valence-electron chi connectivity index (χ3n) is 3.60. The number of nitrogens with two attached hydrogens (primary N) is 1. The van der Waals surface area contributed by atoms with Crippen LogP contribution in [0.1, 0.15) is 10.4 Å². The zero-order chi connectivity index (χ0) is 19.1. The van der Waals surface area contributed by atoms with E-state index in [-0.39, 0.29) is 23.8 Å². The van der Waals surface area contributed by atoms with Crippen LogP contribution >= 0.6 is 11.9 Å². The molecule has 0 atom stereocenters. The van der Waals surface area contributed by atoms with Crippen molar-refractivity contribution in [2.24, 2.45) is 0 Å². The average molecular weight is 379 g/mol. The summed E-state index contributed by atoms with van der Waals surface area (Å²) in [5.41, 5.74) is 8.01. The summed E-state index contributed by atoms with van der Waals surface area (Å²) in [6, 6.07) is 21.8. The number of anilines is 3. The van der Waals surface area contributed by atoms with Gasteiger partial charge in [0.15, 0.2) is 5.75 Å². The van der Waals surface area contributed by atoms with Gasteiger partial charge in [0.25, 0.3) is 12.4 Å². The molecule has 4 N–H and O–H groups in total. The maximum absolute atomic E-state index is 12.4. The molecule has 0 aliphatic carbocycles. The number of hydrogen-bond acceptors (Lipinski definition) is 6. The first kappa shape index (κ1) is 18.3. The first-order valence-corrected chi connectivity index (χ1v) is 8.86. The smallest absolute Gasteiger partial charge is 0.298 e. The van der Waals surface area contributed by atoms with E-state index in [4.69, 9.17) is 10.5 Å². The predicted molar refractivity (Wildman–Crippen MR) is 108 cm³/mol. The lowest BCUT2D eigenvalue weighted by molar-refractivity contribution is -0.120. The number of hydrogen-bond donors (Lipinski definition) is 3. The predicted octanol–water partition coefficient (Wildman–Crippen LogP) is 4.18. The van der Waals surface area contributed by atoms with Gasteiger partial charge in [0.2, 0.25) is 0 Å². The van der Waals surface area contributed by atoms with E-state index >= 15 is 0 Å². The second kappa shape index (κ2) is 8.77. The van der Waals surface area contributed by atoms with Crippen LogP contribution in [0.2, 0.25) is 0 Å². The fourth-order valence-corrected chi connectivity index (χ4v) is 3.02. The SMILES string of the molecule is Nc1cc(C(=O)Nc2cccc(SNc3ccccc3)c2)ccc1OC=O. The van der Waals surface area contributed by atoms with Gasteiger partial charge in [-0.2, -0.15) is 0 Å². The fraction of sp³-hybridized carbons (Fsp3) is 0. The van der Waals surface area contributed by atoms with E-state index in [1.165, 1.54) is 24.1 Å². The molecule has 0 aromatic heterocycles. The number of para-hydroxylation sites is 1. The second-order valence-corrected chi connectivity index (χ2v) is 6.40. The molecule has 0 saturated heterocycles. The van der Waals surface area contributed by atoms with Crippen molar-refractivity contribution in [1.82, 2.24) is 0 Å². The topological polar surface area (TPSA) is 93.5 Å². The Morgan fingerprint density at radius 3 is 2.48 bits per heavy atom. The highest BCUT2D eigenvalue weighted by atomic mass is 32.2. The summed E-state index contributed by atoms with van der Waals surface area (Å²) >= 11 is 1.45. The normalized spacial score (nSPS) is 10.1. The van der Waals surface area contributed by atoms with E-state index in [1.807, 2.05) is 48.5 Å². The Morgan fingerprint density at radius 2 is 1.74 bits per heavy atom. The van der Waals surface area contributed by atoms with Crippen molar-refractivity contribution >= 4 is 41.4 Å². The molecule has 0 radical (unpaired) electrons. The highest BCUT2D eigenvalue weighted by Crippen LogP contribution is 2.25.